The topological polar surface area (TPSA) is 29.3 Å². The van der Waals surface area contributed by atoms with E-state index in [0.717, 1.165) is 10.8 Å². The molecule has 2 N–H and O–H groups in total. The van der Waals surface area contributed by atoms with Crippen molar-refractivity contribution in [3.63, 3.8) is 0 Å². The highest BCUT2D eigenvalue weighted by molar-refractivity contribution is 7.99. The number of hydrogen-bond acceptors (Lipinski definition) is 3. The highest BCUT2D eigenvalue weighted by Crippen LogP contribution is 2.47. The number of nitrogens with zero attached hydrogens (tertiary/aromatic N) is 1. The molecule has 0 bridgehead atoms. The number of halogens is 1. The molecule has 0 spiro atoms. The maximum Gasteiger partial charge on any atom is 0.0475 e. The third kappa shape index (κ3) is 3.12. The molecular weight excluding hydrogens is 300 g/mol. The van der Waals surface area contributed by atoms with Crippen molar-refractivity contribution in [2.75, 3.05) is 25.1 Å². The summed E-state index contributed by atoms with van der Waals surface area (Å²) in [4.78, 5) is 2.48. The molecule has 1 aliphatic rings. The minimum Gasteiger partial charge on any atom is -0.329 e. The standard InChI is InChI=1S/C17H27ClN2S/c1-13(14-6-5-7-15(18)10-14)20(4)17(11-19)12-21-9-8-16(17,2)3/h5-7,10,13H,8-9,11-12,19H2,1-4H3. The summed E-state index contributed by atoms with van der Waals surface area (Å²) in [7, 11) is 2.21. The highest BCUT2D eigenvalue weighted by Gasteiger charge is 2.50. The van der Waals surface area contributed by atoms with Gasteiger partial charge in [-0.3, -0.25) is 4.90 Å². The number of benzene rings is 1. The summed E-state index contributed by atoms with van der Waals surface area (Å²) in [6.45, 7) is 7.66. The van der Waals surface area contributed by atoms with E-state index in [1.807, 2.05) is 23.9 Å². The fourth-order valence-electron chi connectivity index (χ4n) is 3.42. The van der Waals surface area contributed by atoms with E-state index in [9.17, 15) is 0 Å². The molecule has 1 aliphatic heterocycles. The van der Waals surface area contributed by atoms with Crippen LogP contribution in [0.2, 0.25) is 5.02 Å². The van der Waals surface area contributed by atoms with Crippen molar-refractivity contribution in [3.8, 4) is 0 Å². The van der Waals surface area contributed by atoms with E-state index < -0.39 is 0 Å². The van der Waals surface area contributed by atoms with Crippen LogP contribution in [-0.4, -0.2) is 35.5 Å². The monoisotopic (exact) mass is 326 g/mol. The first-order valence-electron chi connectivity index (χ1n) is 7.60. The van der Waals surface area contributed by atoms with Crippen LogP contribution in [0.4, 0.5) is 0 Å². The second kappa shape index (κ2) is 6.49. The number of thioether (sulfide) groups is 1. The summed E-state index contributed by atoms with van der Waals surface area (Å²) in [6.07, 6.45) is 1.21. The van der Waals surface area contributed by atoms with E-state index in [1.165, 1.54) is 17.7 Å². The molecular formula is C17H27ClN2S. The average molecular weight is 327 g/mol. The van der Waals surface area contributed by atoms with Gasteiger partial charge in [-0.25, -0.2) is 0 Å². The first-order valence-corrected chi connectivity index (χ1v) is 9.13. The second-order valence-corrected chi connectivity index (χ2v) is 8.31. The number of rotatable bonds is 4. The van der Waals surface area contributed by atoms with Crippen LogP contribution in [0.25, 0.3) is 0 Å². The molecule has 21 heavy (non-hydrogen) atoms. The fraction of sp³-hybridized carbons (Fsp3) is 0.647. The van der Waals surface area contributed by atoms with E-state index >= 15 is 0 Å². The largest absolute Gasteiger partial charge is 0.329 e. The first kappa shape index (κ1) is 17.1. The molecule has 118 valence electrons. The minimum atomic E-state index is 0.0254. The Morgan fingerprint density at radius 2 is 2.14 bits per heavy atom. The van der Waals surface area contributed by atoms with Gasteiger partial charge in [-0.05, 0) is 49.3 Å². The quantitative estimate of drug-likeness (QED) is 0.899. The van der Waals surface area contributed by atoms with Crippen molar-refractivity contribution in [1.29, 1.82) is 0 Å². The molecule has 4 heteroatoms. The van der Waals surface area contributed by atoms with Crippen molar-refractivity contribution in [1.82, 2.24) is 4.90 Å². The lowest BCUT2D eigenvalue weighted by Crippen LogP contribution is -2.65. The molecule has 0 amide bonds. The lowest BCUT2D eigenvalue weighted by Gasteiger charge is -2.56. The van der Waals surface area contributed by atoms with Gasteiger partial charge in [0, 0.05) is 28.9 Å². The molecule has 1 aromatic rings. The number of nitrogens with two attached hydrogens (primary N) is 1. The van der Waals surface area contributed by atoms with Crippen LogP contribution < -0.4 is 5.73 Å². The zero-order chi connectivity index (χ0) is 15.7. The third-order valence-corrected chi connectivity index (χ3v) is 6.81. The molecule has 2 unspecified atom stereocenters. The van der Waals surface area contributed by atoms with E-state index in [-0.39, 0.29) is 11.0 Å². The van der Waals surface area contributed by atoms with Crippen molar-refractivity contribution >= 4 is 23.4 Å². The minimum absolute atomic E-state index is 0.0254. The fourth-order valence-corrected chi connectivity index (χ4v) is 5.46. The first-order chi connectivity index (χ1) is 9.84. The Labute approximate surface area is 138 Å². The Balaban J connectivity index is 2.33. The predicted molar refractivity (Wildman–Crippen MR) is 95.1 cm³/mol. The molecule has 0 radical (unpaired) electrons. The molecule has 1 heterocycles. The van der Waals surface area contributed by atoms with Gasteiger partial charge in [0.15, 0.2) is 0 Å². The second-order valence-electron chi connectivity index (χ2n) is 6.76. The van der Waals surface area contributed by atoms with E-state index in [4.69, 9.17) is 17.3 Å². The molecule has 0 aliphatic carbocycles. The van der Waals surface area contributed by atoms with Crippen LogP contribution >= 0.6 is 23.4 Å². The summed E-state index contributed by atoms with van der Waals surface area (Å²) in [6, 6.07) is 8.47. The van der Waals surface area contributed by atoms with Crippen molar-refractivity contribution in [2.24, 2.45) is 11.1 Å². The molecule has 1 aromatic carbocycles. The molecule has 2 atom stereocenters. The number of likely N-dealkylation sites (N-methyl/N-ethyl adjacent to an activating group) is 1. The van der Waals surface area contributed by atoms with Gasteiger partial charge in [0.05, 0.1) is 0 Å². The molecule has 0 aromatic heterocycles. The van der Waals surface area contributed by atoms with Gasteiger partial charge in [0.2, 0.25) is 0 Å². The zero-order valence-corrected chi connectivity index (χ0v) is 15.1. The van der Waals surface area contributed by atoms with Gasteiger partial charge >= 0.3 is 0 Å². The van der Waals surface area contributed by atoms with Crippen LogP contribution in [0.3, 0.4) is 0 Å². The van der Waals surface area contributed by atoms with Crippen LogP contribution in [0.5, 0.6) is 0 Å². The van der Waals surface area contributed by atoms with Crippen LogP contribution in [-0.2, 0) is 0 Å². The van der Waals surface area contributed by atoms with E-state index in [1.54, 1.807) is 0 Å². The number of hydrogen-bond donors (Lipinski definition) is 1. The van der Waals surface area contributed by atoms with Gasteiger partial charge in [-0.2, -0.15) is 11.8 Å². The average Bonchev–Trinajstić information content (AvgIpc) is 2.46. The van der Waals surface area contributed by atoms with Crippen molar-refractivity contribution < 1.29 is 0 Å². The van der Waals surface area contributed by atoms with Crippen LogP contribution in [0.15, 0.2) is 24.3 Å². The van der Waals surface area contributed by atoms with Crippen molar-refractivity contribution in [3.05, 3.63) is 34.9 Å². The third-order valence-electron chi connectivity index (χ3n) is 5.40. The van der Waals surface area contributed by atoms with Gasteiger partial charge in [-0.15, -0.1) is 0 Å². The van der Waals surface area contributed by atoms with E-state index in [2.05, 4.69) is 44.9 Å². The summed E-state index contributed by atoms with van der Waals surface area (Å²) in [5.41, 5.74) is 7.78. The Kier molecular flexibility index (Phi) is 5.30. The molecule has 0 saturated carbocycles. The van der Waals surface area contributed by atoms with Gasteiger partial charge in [0.25, 0.3) is 0 Å². The Bertz CT molecular complexity index is 491. The molecule has 2 nitrogen and oxygen atoms in total. The van der Waals surface area contributed by atoms with Gasteiger partial charge in [0.1, 0.15) is 0 Å². The maximum atomic E-state index is 6.28. The summed E-state index contributed by atoms with van der Waals surface area (Å²) >= 11 is 8.18. The Hall–Kier alpha value is -0.220. The summed E-state index contributed by atoms with van der Waals surface area (Å²) in [5.74, 6) is 2.33. The normalized spacial score (nSPS) is 26.8. The van der Waals surface area contributed by atoms with E-state index in [0.29, 0.717) is 12.6 Å². The molecule has 2 rings (SSSR count). The molecule has 1 saturated heterocycles. The Morgan fingerprint density at radius 3 is 2.71 bits per heavy atom. The van der Waals surface area contributed by atoms with Crippen molar-refractivity contribution in [2.45, 2.75) is 38.8 Å². The Morgan fingerprint density at radius 1 is 1.43 bits per heavy atom. The maximum absolute atomic E-state index is 6.28. The molecule has 1 fully saturated rings. The smallest absolute Gasteiger partial charge is 0.0475 e. The SMILES string of the molecule is CC(c1cccc(Cl)c1)N(C)C1(CN)CSCCC1(C)C. The van der Waals surface area contributed by atoms with Crippen LogP contribution in [0, 0.1) is 5.41 Å². The zero-order valence-electron chi connectivity index (χ0n) is 13.5. The highest BCUT2D eigenvalue weighted by atomic mass is 35.5. The van der Waals surface area contributed by atoms with Gasteiger partial charge < -0.3 is 5.73 Å². The summed E-state index contributed by atoms with van der Waals surface area (Å²) in [5, 5.41) is 0.798. The lowest BCUT2D eigenvalue weighted by molar-refractivity contribution is -0.00489. The lowest BCUT2D eigenvalue weighted by atomic mass is 9.69. The van der Waals surface area contributed by atoms with Gasteiger partial charge in [-0.1, -0.05) is 37.6 Å². The summed E-state index contributed by atoms with van der Waals surface area (Å²) < 4.78 is 0. The van der Waals surface area contributed by atoms with Crippen LogP contribution in [0.1, 0.15) is 38.8 Å². The predicted octanol–water partition coefficient (Wildman–Crippen LogP) is 4.19.